The minimum absolute atomic E-state index is 0.515. The lowest BCUT2D eigenvalue weighted by atomic mass is 10.1. The number of halogens is 1. The summed E-state index contributed by atoms with van der Waals surface area (Å²) in [7, 11) is 1.66. The molecule has 3 nitrogen and oxygen atoms in total. The van der Waals surface area contributed by atoms with Crippen molar-refractivity contribution in [3.8, 4) is 11.5 Å². The number of benzene rings is 2. The van der Waals surface area contributed by atoms with E-state index >= 15 is 0 Å². The standard InChI is InChI=1S/C16H18BrNO2/c1-19-14-4-2-3-12(9-14)11-20-15-5-6-16(17)13(10-15)7-8-18/h2-6,9-10H,7-8,11,18H2,1H3. The van der Waals surface area contributed by atoms with Crippen molar-refractivity contribution in [2.24, 2.45) is 5.73 Å². The first-order chi connectivity index (χ1) is 9.72. The Morgan fingerprint density at radius 1 is 1.10 bits per heavy atom. The average molecular weight is 336 g/mol. The van der Waals surface area contributed by atoms with E-state index in [0.29, 0.717) is 13.2 Å². The van der Waals surface area contributed by atoms with Gasteiger partial charge in [-0.15, -0.1) is 0 Å². The molecule has 0 aromatic heterocycles. The fourth-order valence-corrected chi connectivity index (χ4v) is 2.36. The molecule has 106 valence electrons. The summed E-state index contributed by atoms with van der Waals surface area (Å²) in [6.45, 7) is 1.14. The van der Waals surface area contributed by atoms with Gasteiger partial charge in [-0.3, -0.25) is 0 Å². The summed E-state index contributed by atoms with van der Waals surface area (Å²) in [5.41, 5.74) is 7.84. The van der Waals surface area contributed by atoms with Crippen LogP contribution in [0, 0.1) is 0 Å². The monoisotopic (exact) mass is 335 g/mol. The molecule has 20 heavy (non-hydrogen) atoms. The molecule has 4 heteroatoms. The van der Waals surface area contributed by atoms with Gasteiger partial charge in [0.2, 0.25) is 0 Å². The molecule has 2 rings (SSSR count). The molecule has 2 N–H and O–H groups in total. The first-order valence-electron chi connectivity index (χ1n) is 6.47. The van der Waals surface area contributed by atoms with Crippen LogP contribution < -0.4 is 15.2 Å². The fraction of sp³-hybridized carbons (Fsp3) is 0.250. The lowest BCUT2D eigenvalue weighted by Crippen LogP contribution is -2.04. The molecule has 0 atom stereocenters. The van der Waals surface area contributed by atoms with Crippen molar-refractivity contribution in [2.75, 3.05) is 13.7 Å². The van der Waals surface area contributed by atoms with E-state index in [-0.39, 0.29) is 0 Å². The Bertz CT molecular complexity index is 572. The van der Waals surface area contributed by atoms with E-state index in [1.165, 1.54) is 0 Å². The van der Waals surface area contributed by atoms with Crippen LogP contribution in [0.1, 0.15) is 11.1 Å². The normalized spacial score (nSPS) is 10.3. The zero-order valence-corrected chi connectivity index (χ0v) is 13.0. The largest absolute Gasteiger partial charge is 0.497 e. The van der Waals surface area contributed by atoms with Gasteiger partial charge in [-0.1, -0.05) is 28.1 Å². The van der Waals surface area contributed by atoms with E-state index in [4.69, 9.17) is 15.2 Å². The maximum absolute atomic E-state index is 5.82. The van der Waals surface area contributed by atoms with Crippen molar-refractivity contribution < 1.29 is 9.47 Å². The van der Waals surface area contributed by atoms with Crippen molar-refractivity contribution in [1.29, 1.82) is 0 Å². The van der Waals surface area contributed by atoms with Crippen molar-refractivity contribution in [2.45, 2.75) is 13.0 Å². The zero-order valence-electron chi connectivity index (χ0n) is 11.4. The summed E-state index contributed by atoms with van der Waals surface area (Å²) in [6, 6.07) is 13.8. The molecule has 0 aliphatic carbocycles. The fourth-order valence-electron chi connectivity index (χ4n) is 1.92. The van der Waals surface area contributed by atoms with Crippen LogP contribution in [0.2, 0.25) is 0 Å². The van der Waals surface area contributed by atoms with Crippen LogP contribution in [-0.2, 0) is 13.0 Å². The summed E-state index contributed by atoms with van der Waals surface area (Å²) >= 11 is 3.52. The third kappa shape index (κ3) is 3.99. The minimum atomic E-state index is 0.515. The number of hydrogen-bond donors (Lipinski definition) is 1. The SMILES string of the molecule is COc1cccc(COc2ccc(Br)c(CCN)c2)c1. The van der Waals surface area contributed by atoms with Gasteiger partial charge in [0.15, 0.2) is 0 Å². The second-order valence-electron chi connectivity index (χ2n) is 4.43. The van der Waals surface area contributed by atoms with Crippen molar-refractivity contribution in [3.05, 3.63) is 58.1 Å². The molecule has 0 saturated carbocycles. The van der Waals surface area contributed by atoms with Crippen LogP contribution in [-0.4, -0.2) is 13.7 Å². The molecule has 0 fully saturated rings. The molecule has 0 aliphatic rings. The van der Waals surface area contributed by atoms with Gasteiger partial charge < -0.3 is 15.2 Å². The Balaban J connectivity index is 2.04. The number of hydrogen-bond acceptors (Lipinski definition) is 3. The molecular formula is C16H18BrNO2. The van der Waals surface area contributed by atoms with E-state index in [1.807, 2.05) is 42.5 Å². The minimum Gasteiger partial charge on any atom is -0.497 e. The quantitative estimate of drug-likeness (QED) is 0.878. The Labute approximate surface area is 127 Å². The topological polar surface area (TPSA) is 44.5 Å². The van der Waals surface area contributed by atoms with Crippen LogP contribution in [0.15, 0.2) is 46.9 Å². The predicted molar refractivity (Wildman–Crippen MR) is 84.2 cm³/mol. The summed E-state index contributed by atoms with van der Waals surface area (Å²) in [6.07, 6.45) is 0.830. The van der Waals surface area contributed by atoms with Gasteiger partial charge in [-0.25, -0.2) is 0 Å². The molecule has 0 heterocycles. The highest BCUT2D eigenvalue weighted by Crippen LogP contribution is 2.24. The maximum Gasteiger partial charge on any atom is 0.120 e. The number of ether oxygens (including phenoxy) is 2. The van der Waals surface area contributed by atoms with E-state index in [0.717, 1.165) is 33.5 Å². The molecule has 0 aliphatic heterocycles. The second kappa shape index (κ2) is 7.31. The Morgan fingerprint density at radius 3 is 2.70 bits per heavy atom. The Morgan fingerprint density at radius 2 is 1.95 bits per heavy atom. The van der Waals surface area contributed by atoms with Crippen LogP contribution >= 0.6 is 15.9 Å². The Hall–Kier alpha value is -1.52. The highest BCUT2D eigenvalue weighted by atomic mass is 79.9. The number of nitrogens with two attached hydrogens (primary N) is 1. The van der Waals surface area contributed by atoms with Crippen molar-refractivity contribution in [3.63, 3.8) is 0 Å². The average Bonchev–Trinajstić information content (AvgIpc) is 2.48. The van der Waals surface area contributed by atoms with Gasteiger partial charge in [0.1, 0.15) is 18.1 Å². The third-order valence-electron chi connectivity index (χ3n) is 2.97. The summed E-state index contributed by atoms with van der Waals surface area (Å²) in [4.78, 5) is 0. The first-order valence-corrected chi connectivity index (χ1v) is 7.26. The lowest BCUT2D eigenvalue weighted by molar-refractivity contribution is 0.305. The molecule has 0 bridgehead atoms. The molecule has 0 radical (unpaired) electrons. The van der Waals surface area contributed by atoms with E-state index in [1.54, 1.807) is 7.11 Å². The van der Waals surface area contributed by atoms with Crippen molar-refractivity contribution in [1.82, 2.24) is 0 Å². The number of methoxy groups -OCH3 is 1. The zero-order chi connectivity index (χ0) is 14.4. The van der Waals surface area contributed by atoms with Gasteiger partial charge in [-0.2, -0.15) is 0 Å². The molecular weight excluding hydrogens is 318 g/mol. The highest BCUT2D eigenvalue weighted by molar-refractivity contribution is 9.10. The van der Waals surface area contributed by atoms with Crippen LogP contribution in [0.4, 0.5) is 0 Å². The molecule has 0 amide bonds. The van der Waals surface area contributed by atoms with Gasteiger partial charge >= 0.3 is 0 Å². The van der Waals surface area contributed by atoms with E-state index < -0.39 is 0 Å². The molecule has 0 saturated heterocycles. The van der Waals surface area contributed by atoms with E-state index in [2.05, 4.69) is 15.9 Å². The van der Waals surface area contributed by atoms with Gasteiger partial charge in [-0.05, 0) is 54.4 Å². The second-order valence-corrected chi connectivity index (χ2v) is 5.29. The smallest absolute Gasteiger partial charge is 0.120 e. The summed E-state index contributed by atoms with van der Waals surface area (Å²) in [5, 5.41) is 0. The van der Waals surface area contributed by atoms with Gasteiger partial charge in [0.25, 0.3) is 0 Å². The molecule has 2 aromatic rings. The van der Waals surface area contributed by atoms with E-state index in [9.17, 15) is 0 Å². The lowest BCUT2D eigenvalue weighted by Gasteiger charge is -2.10. The maximum atomic E-state index is 5.82. The first kappa shape index (κ1) is 14.9. The molecule has 0 spiro atoms. The molecule has 2 aromatic carbocycles. The van der Waals surface area contributed by atoms with Crippen LogP contribution in [0.25, 0.3) is 0 Å². The van der Waals surface area contributed by atoms with Gasteiger partial charge in [0.05, 0.1) is 7.11 Å². The van der Waals surface area contributed by atoms with Gasteiger partial charge in [0, 0.05) is 4.47 Å². The predicted octanol–water partition coefficient (Wildman–Crippen LogP) is 3.54. The highest BCUT2D eigenvalue weighted by Gasteiger charge is 2.03. The van der Waals surface area contributed by atoms with Crippen molar-refractivity contribution >= 4 is 15.9 Å². The Kier molecular flexibility index (Phi) is 5.44. The van der Waals surface area contributed by atoms with Crippen LogP contribution in [0.5, 0.6) is 11.5 Å². The third-order valence-corrected chi connectivity index (χ3v) is 3.74. The van der Waals surface area contributed by atoms with Crippen LogP contribution in [0.3, 0.4) is 0 Å². The summed E-state index contributed by atoms with van der Waals surface area (Å²) < 4.78 is 12.1. The molecule has 0 unspecified atom stereocenters. The summed E-state index contributed by atoms with van der Waals surface area (Å²) in [5.74, 6) is 1.69. The number of rotatable bonds is 6.